The molecule has 1 aromatic heterocycles. The summed E-state index contributed by atoms with van der Waals surface area (Å²) in [5.41, 5.74) is 2.12. The van der Waals surface area contributed by atoms with Crippen LogP contribution in [0.15, 0.2) is 40.9 Å². The molecule has 1 aliphatic rings. The molecule has 4 heteroatoms. The molecule has 2 heterocycles. The minimum Gasteiger partial charge on any atom is -0.356 e. The van der Waals surface area contributed by atoms with E-state index in [9.17, 15) is 0 Å². The fourth-order valence-electron chi connectivity index (χ4n) is 1.91. The van der Waals surface area contributed by atoms with E-state index >= 15 is 0 Å². The van der Waals surface area contributed by atoms with Crippen molar-refractivity contribution < 1.29 is 4.52 Å². The fourth-order valence-corrected chi connectivity index (χ4v) is 2.95. The van der Waals surface area contributed by atoms with Gasteiger partial charge < -0.3 is 9.84 Å². The third-order valence-corrected chi connectivity index (χ3v) is 4.29. The summed E-state index contributed by atoms with van der Waals surface area (Å²) >= 11 is 1.94. The molecule has 18 heavy (non-hydrogen) atoms. The van der Waals surface area contributed by atoms with Gasteiger partial charge in [-0.15, -0.1) is 0 Å². The second-order valence-electron chi connectivity index (χ2n) is 4.59. The van der Waals surface area contributed by atoms with Gasteiger partial charge >= 0.3 is 0 Å². The highest BCUT2D eigenvalue weighted by Gasteiger charge is 2.16. The molecule has 2 aromatic rings. The van der Waals surface area contributed by atoms with Gasteiger partial charge in [0.15, 0.2) is 5.76 Å². The molecule has 3 rings (SSSR count). The van der Waals surface area contributed by atoms with Crippen molar-refractivity contribution in [2.45, 2.75) is 5.75 Å². The van der Waals surface area contributed by atoms with E-state index in [1.165, 1.54) is 18.8 Å². The van der Waals surface area contributed by atoms with Gasteiger partial charge in [-0.05, 0) is 24.8 Å². The summed E-state index contributed by atoms with van der Waals surface area (Å²) in [5.74, 6) is 3.85. The molecule has 0 amide bonds. The monoisotopic (exact) mass is 260 g/mol. The van der Waals surface area contributed by atoms with Gasteiger partial charge in [0.25, 0.3) is 0 Å². The number of nitrogens with one attached hydrogen (secondary N) is 1. The first kappa shape index (κ1) is 11.8. The van der Waals surface area contributed by atoms with E-state index in [0.717, 1.165) is 28.7 Å². The van der Waals surface area contributed by atoms with Crippen LogP contribution in [-0.2, 0) is 5.75 Å². The van der Waals surface area contributed by atoms with Crippen LogP contribution >= 0.6 is 11.8 Å². The van der Waals surface area contributed by atoms with E-state index in [0.29, 0.717) is 0 Å². The van der Waals surface area contributed by atoms with Gasteiger partial charge in [0.1, 0.15) is 0 Å². The number of benzene rings is 1. The molecule has 94 valence electrons. The molecule has 3 nitrogen and oxygen atoms in total. The zero-order valence-electron chi connectivity index (χ0n) is 10.1. The van der Waals surface area contributed by atoms with Crippen molar-refractivity contribution in [1.82, 2.24) is 10.5 Å². The average Bonchev–Trinajstić information content (AvgIpc) is 2.82. The van der Waals surface area contributed by atoms with Gasteiger partial charge in [0, 0.05) is 17.4 Å². The summed E-state index contributed by atoms with van der Waals surface area (Å²) in [5, 5.41) is 7.41. The predicted octanol–water partition coefficient (Wildman–Crippen LogP) is 2.79. The summed E-state index contributed by atoms with van der Waals surface area (Å²) in [4.78, 5) is 0. The second kappa shape index (κ2) is 5.59. The summed E-state index contributed by atoms with van der Waals surface area (Å²) in [6.07, 6.45) is 0. The zero-order chi connectivity index (χ0) is 12.2. The lowest BCUT2D eigenvalue weighted by molar-refractivity contribution is 0.385. The molecular weight excluding hydrogens is 244 g/mol. The zero-order valence-corrected chi connectivity index (χ0v) is 11.0. The van der Waals surface area contributed by atoms with E-state index in [-0.39, 0.29) is 0 Å². The maximum atomic E-state index is 5.37. The first-order valence-corrected chi connectivity index (χ1v) is 7.37. The highest BCUT2D eigenvalue weighted by molar-refractivity contribution is 7.98. The Labute approximate surface area is 111 Å². The molecule has 0 unspecified atom stereocenters. The smallest absolute Gasteiger partial charge is 0.167 e. The average molecular weight is 260 g/mol. The highest BCUT2D eigenvalue weighted by Crippen LogP contribution is 2.23. The Hall–Kier alpha value is -1.26. The molecule has 0 saturated carbocycles. The SMILES string of the molecule is c1ccc(-c2cc(CSCC3CNC3)no2)cc1. The van der Waals surface area contributed by atoms with Crippen molar-refractivity contribution >= 4 is 11.8 Å². The van der Waals surface area contributed by atoms with Crippen molar-refractivity contribution in [3.8, 4) is 11.3 Å². The summed E-state index contributed by atoms with van der Waals surface area (Å²) in [6, 6.07) is 12.1. The maximum Gasteiger partial charge on any atom is 0.167 e. The largest absolute Gasteiger partial charge is 0.356 e. The molecule has 1 aromatic carbocycles. The van der Waals surface area contributed by atoms with E-state index in [2.05, 4.69) is 10.5 Å². The third-order valence-electron chi connectivity index (χ3n) is 3.09. The van der Waals surface area contributed by atoms with Gasteiger partial charge in [-0.25, -0.2) is 0 Å². The number of nitrogens with zero attached hydrogens (tertiary/aromatic N) is 1. The molecule has 0 radical (unpaired) electrons. The summed E-state index contributed by atoms with van der Waals surface area (Å²) < 4.78 is 5.37. The summed E-state index contributed by atoms with van der Waals surface area (Å²) in [7, 11) is 0. The molecule has 1 N–H and O–H groups in total. The molecule has 0 spiro atoms. The van der Waals surface area contributed by atoms with Gasteiger partial charge in [0.05, 0.1) is 5.69 Å². The minimum atomic E-state index is 0.843. The lowest BCUT2D eigenvalue weighted by Crippen LogP contribution is -2.43. The van der Waals surface area contributed by atoms with E-state index < -0.39 is 0 Å². The van der Waals surface area contributed by atoms with Crippen molar-refractivity contribution in [3.63, 3.8) is 0 Å². The number of thioether (sulfide) groups is 1. The Balaban J connectivity index is 1.56. The van der Waals surface area contributed by atoms with Crippen molar-refractivity contribution in [1.29, 1.82) is 0 Å². The lowest BCUT2D eigenvalue weighted by Gasteiger charge is -2.26. The van der Waals surface area contributed by atoms with E-state index in [1.54, 1.807) is 0 Å². The molecule has 0 bridgehead atoms. The minimum absolute atomic E-state index is 0.843. The second-order valence-corrected chi connectivity index (χ2v) is 5.62. The number of hydrogen-bond donors (Lipinski definition) is 1. The van der Waals surface area contributed by atoms with Gasteiger partial charge in [-0.2, -0.15) is 11.8 Å². The molecular formula is C14H16N2OS. The van der Waals surface area contributed by atoms with Gasteiger partial charge in [0.2, 0.25) is 0 Å². The van der Waals surface area contributed by atoms with Crippen LogP contribution in [0.3, 0.4) is 0 Å². The van der Waals surface area contributed by atoms with Crippen LogP contribution in [0.2, 0.25) is 0 Å². The van der Waals surface area contributed by atoms with Gasteiger partial charge in [-0.1, -0.05) is 35.5 Å². The molecule has 1 saturated heterocycles. The Morgan fingerprint density at radius 2 is 2.11 bits per heavy atom. The normalized spacial score (nSPS) is 15.6. The van der Waals surface area contributed by atoms with Crippen LogP contribution in [-0.4, -0.2) is 24.0 Å². The lowest BCUT2D eigenvalue weighted by atomic mass is 10.1. The Bertz CT molecular complexity index is 494. The quantitative estimate of drug-likeness (QED) is 0.897. The molecule has 0 atom stereocenters. The standard InChI is InChI=1S/C14H16N2OS/c1-2-4-12(5-3-1)14-6-13(16-17-14)10-18-9-11-7-15-8-11/h1-6,11,15H,7-10H2. The summed E-state index contributed by atoms with van der Waals surface area (Å²) in [6.45, 7) is 2.34. The van der Waals surface area contributed by atoms with Crippen LogP contribution in [0.1, 0.15) is 5.69 Å². The third kappa shape index (κ3) is 2.76. The van der Waals surface area contributed by atoms with Crippen molar-refractivity contribution in [3.05, 3.63) is 42.1 Å². The van der Waals surface area contributed by atoms with Crippen molar-refractivity contribution in [2.75, 3.05) is 18.8 Å². The van der Waals surface area contributed by atoms with Crippen LogP contribution < -0.4 is 5.32 Å². The predicted molar refractivity (Wildman–Crippen MR) is 74.5 cm³/mol. The Kier molecular flexibility index (Phi) is 3.67. The van der Waals surface area contributed by atoms with Crippen molar-refractivity contribution in [2.24, 2.45) is 5.92 Å². The first-order valence-electron chi connectivity index (χ1n) is 6.21. The van der Waals surface area contributed by atoms with E-state index in [1.807, 2.05) is 48.2 Å². The molecule has 0 aliphatic carbocycles. The van der Waals surface area contributed by atoms with Crippen LogP contribution in [0.4, 0.5) is 0 Å². The van der Waals surface area contributed by atoms with E-state index in [4.69, 9.17) is 4.52 Å². The number of aromatic nitrogens is 1. The fraction of sp³-hybridized carbons (Fsp3) is 0.357. The number of rotatable bonds is 5. The van der Waals surface area contributed by atoms with Gasteiger partial charge in [-0.3, -0.25) is 0 Å². The molecule has 1 aliphatic heterocycles. The Morgan fingerprint density at radius 3 is 2.83 bits per heavy atom. The maximum absolute atomic E-state index is 5.37. The topological polar surface area (TPSA) is 38.1 Å². The highest BCUT2D eigenvalue weighted by atomic mass is 32.2. The van der Waals surface area contributed by atoms with Crippen LogP contribution in [0, 0.1) is 5.92 Å². The molecule has 1 fully saturated rings. The van der Waals surface area contributed by atoms with Crippen LogP contribution in [0.25, 0.3) is 11.3 Å². The number of hydrogen-bond acceptors (Lipinski definition) is 4. The Morgan fingerprint density at radius 1 is 1.28 bits per heavy atom. The first-order chi connectivity index (χ1) is 8.92. The van der Waals surface area contributed by atoms with Crippen LogP contribution in [0.5, 0.6) is 0 Å².